The molecule has 8 atom stereocenters. The summed E-state index contributed by atoms with van der Waals surface area (Å²) in [6.45, 7) is 5.66. The molecule has 8 unspecified atom stereocenters. The Kier molecular flexibility index (Phi) is 52.6. The van der Waals surface area contributed by atoms with Crippen LogP contribution in [-0.4, -0.2) is 99.6 Å². The first-order chi connectivity index (χ1) is 38.7. The third kappa shape index (κ3) is 43.7. The molecule has 11 nitrogen and oxygen atoms in total. The van der Waals surface area contributed by atoms with Crippen LogP contribution in [0.25, 0.3) is 0 Å². The number of nitrogens with one attached hydrogen (secondary N) is 1. The maximum absolute atomic E-state index is 13.4. The summed E-state index contributed by atoms with van der Waals surface area (Å²) in [5, 5.41) is 57.0. The van der Waals surface area contributed by atoms with E-state index in [1.807, 2.05) is 30.4 Å². The van der Waals surface area contributed by atoms with Gasteiger partial charge in [0, 0.05) is 6.42 Å². The Morgan fingerprint density at radius 2 is 0.924 bits per heavy atom. The first-order valence-corrected chi connectivity index (χ1v) is 33.1. The molecule has 1 rings (SSSR count). The Bertz CT molecular complexity index is 1510. The average molecular weight is 1110 g/mol. The standard InChI is InChI=1S/C68H123NO10/c1-4-7-10-13-16-19-22-25-26-27-28-29-30-31-32-33-34-35-36-38-41-44-47-50-53-56-63(73)79-66-65(75)64(74)62(57-70)78-68(66)77-58-59(60(71)54-51-48-45-42-40-37-23-20-17-14-11-8-5-2)69-67(76)61(72)55-52-49-46-43-39-24-21-18-15-12-9-6-3/h9,12,15,18,21,24-26,51,54,59-62,64-66,68,70-72,74-75H,4-8,10-11,13-14,16-17,19-20,22-23,27-50,52-53,55-58H2,1-3H3,(H,69,76)/b12-9+,18-15+,24-21-,26-25+,54-51+. The van der Waals surface area contributed by atoms with E-state index in [4.69, 9.17) is 14.2 Å². The maximum Gasteiger partial charge on any atom is 0.306 e. The minimum absolute atomic E-state index is 0.122. The highest BCUT2D eigenvalue weighted by atomic mass is 16.7. The van der Waals surface area contributed by atoms with Crippen molar-refractivity contribution in [2.75, 3.05) is 13.2 Å². The summed E-state index contributed by atoms with van der Waals surface area (Å²) in [6, 6.07) is -1.03. The number of aliphatic hydroxyl groups is 5. The molecule has 1 heterocycles. The lowest BCUT2D eigenvalue weighted by atomic mass is 9.99. The molecule has 11 heteroatoms. The number of hydrogen-bond acceptors (Lipinski definition) is 10. The molecule has 6 N–H and O–H groups in total. The molecule has 0 aliphatic carbocycles. The third-order valence-corrected chi connectivity index (χ3v) is 15.5. The van der Waals surface area contributed by atoms with E-state index in [9.17, 15) is 35.1 Å². The predicted molar refractivity (Wildman–Crippen MR) is 329 cm³/mol. The van der Waals surface area contributed by atoms with Gasteiger partial charge in [0.25, 0.3) is 0 Å². The van der Waals surface area contributed by atoms with Crippen molar-refractivity contribution in [2.45, 2.75) is 346 Å². The Balaban J connectivity index is 2.57. The van der Waals surface area contributed by atoms with Gasteiger partial charge in [0.05, 0.1) is 25.4 Å². The van der Waals surface area contributed by atoms with Gasteiger partial charge in [-0.15, -0.1) is 0 Å². The zero-order valence-corrected chi connectivity index (χ0v) is 51.0. The SMILES string of the molecule is CC/C=C/C=C/C=C\CCCCCCC(O)C(=O)NC(COC1OC(CO)C(O)C(O)C1OC(=O)CCCCCCCCCCCCCCCCC/C=C/CCCCCCCC)C(O)/C=C/CCCCCCCCCCCCC. The van der Waals surface area contributed by atoms with Crippen molar-refractivity contribution in [3.8, 4) is 0 Å². The van der Waals surface area contributed by atoms with Gasteiger partial charge >= 0.3 is 5.97 Å². The van der Waals surface area contributed by atoms with Crippen LogP contribution >= 0.6 is 0 Å². The van der Waals surface area contributed by atoms with Crippen LogP contribution in [0.4, 0.5) is 0 Å². The van der Waals surface area contributed by atoms with Gasteiger partial charge < -0.3 is 45.1 Å². The van der Waals surface area contributed by atoms with Gasteiger partial charge in [-0.2, -0.15) is 0 Å². The van der Waals surface area contributed by atoms with Crippen LogP contribution in [0, 0.1) is 0 Å². The van der Waals surface area contributed by atoms with E-state index < -0.39 is 67.4 Å². The lowest BCUT2D eigenvalue weighted by Gasteiger charge is -2.41. The number of carbonyl (C=O) groups is 2. The monoisotopic (exact) mass is 1110 g/mol. The topological polar surface area (TPSA) is 175 Å². The van der Waals surface area contributed by atoms with Crippen molar-refractivity contribution in [1.82, 2.24) is 5.32 Å². The maximum atomic E-state index is 13.4. The van der Waals surface area contributed by atoms with Crippen LogP contribution in [0.3, 0.4) is 0 Å². The molecule has 460 valence electrons. The van der Waals surface area contributed by atoms with Crippen LogP contribution in [0.15, 0.2) is 60.8 Å². The lowest BCUT2D eigenvalue weighted by Crippen LogP contribution is -2.61. The van der Waals surface area contributed by atoms with E-state index in [1.165, 1.54) is 180 Å². The molecule has 1 saturated heterocycles. The van der Waals surface area contributed by atoms with Crippen LogP contribution in [-0.2, 0) is 23.8 Å². The van der Waals surface area contributed by atoms with Gasteiger partial charge in [0.2, 0.25) is 5.91 Å². The second-order valence-corrected chi connectivity index (χ2v) is 22.9. The minimum Gasteiger partial charge on any atom is -0.454 e. The first-order valence-electron chi connectivity index (χ1n) is 33.1. The highest BCUT2D eigenvalue weighted by Gasteiger charge is 2.47. The van der Waals surface area contributed by atoms with Gasteiger partial charge in [-0.1, -0.05) is 281 Å². The van der Waals surface area contributed by atoms with E-state index in [0.29, 0.717) is 12.8 Å². The average Bonchev–Trinajstić information content (AvgIpc) is 3.51. The molecule has 0 spiro atoms. The summed E-state index contributed by atoms with van der Waals surface area (Å²) in [5.74, 6) is -1.21. The van der Waals surface area contributed by atoms with Gasteiger partial charge in [-0.25, -0.2) is 0 Å². The first kappa shape index (κ1) is 74.4. The van der Waals surface area contributed by atoms with Gasteiger partial charge in [-0.3, -0.25) is 9.59 Å². The van der Waals surface area contributed by atoms with Gasteiger partial charge in [0.15, 0.2) is 12.4 Å². The molecule has 79 heavy (non-hydrogen) atoms. The van der Waals surface area contributed by atoms with Crippen molar-refractivity contribution in [3.63, 3.8) is 0 Å². The molecular weight excluding hydrogens is 991 g/mol. The number of hydrogen-bond donors (Lipinski definition) is 6. The second kappa shape index (κ2) is 55.9. The Hall–Kier alpha value is -2.64. The zero-order valence-electron chi connectivity index (χ0n) is 51.0. The highest BCUT2D eigenvalue weighted by Crippen LogP contribution is 2.26. The predicted octanol–water partition coefficient (Wildman–Crippen LogP) is 16.2. The quantitative estimate of drug-likeness (QED) is 0.0149. The fraction of sp³-hybridized carbons (Fsp3) is 0.824. The molecule has 0 aromatic carbocycles. The summed E-state index contributed by atoms with van der Waals surface area (Å²) in [7, 11) is 0. The van der Waals surface area contributed by atoms with E-state index >= 15 is 0 Å². The summed E-state index contributed by atoms with van der Waals surface area (Å²) in [6.07, 6.45) is 59.9. The highest BCUT2D eigenvalue weighted by molar-refractivity contribution is 5.80. The Morgan fingerprint density at radius 1 is 0.506 bits per heavy atom. The molecular formula is C68H123NO10. The fourth-order valence-corrected chi connectivity index (χ4v) is 10.2. The van der Waals surface area contributed by atoms with Crippen LogP contribution in [0.5, 0.6) is 0 Å². The van der Waals surface area contributed by atoms with Crippen molar-refractivity contribution in [3.05, 3.63) is 60.8 Å². The van der Waals surface area contributed by atoms with E-state index in [0.717, 1.165) is 70.6 Å². The smallest absolute Gasteiger partial charge is 0.306 e. The summed E-state index contributed by atoms with van der Waals surface area (Å²) < 4.78 is 17.6. The number of esters is 1. The summed E-state index contributed by atoms with van der Waals surface area (Å²) in [5.41, 5.74) is 0. The van der Waals surface area contributed by atoms with Crippen molar-refractivity contribution in [2.24, 2.45) is 0 Å². The minimum atomic E-state index is -1.62. The molecule has 0 aromatic heterocycles. The molecule has 0 saturated carbocycles. The fourth-order valence-electron chi connectivity index (χ4n) is 10.2. The van der Waals surface area contributed by atoms with Gasteiger partial charge in [-0.05, 0) is 70.6 Å². The number of unbranched alkanes of at least 4 members (excludes halogenated alkanes) is 36. The number of allylic oxidation sites excluding steroid dienone is 9. The van der Waals surface area contributed by atoms with Crippen molar-refractivity contribution < 1.29 is 49.3 Å². The molecule has 0 radical (unpaired) electrons. The molecule has 1 fully saturated rings. The lowest BCUT2D eigenvalue weighted by molar-refractivity contribution is -0.305. The molecule has 1 aliphatic heterocycles. The number of aliphatic hydroxyl groups excluding tert-OH is 5. The van der Waals surface area contributed by atoms with Crippen molar-refractivity contribution in [1.29, 1.82) is 0 Å². The number of carbonyl (C=O) groups excluding carboxylic acids is 2. The van der Waals surface area contributed by atoms with E-state index in [2.05, 4.69) is 50.4 Å². The third-order valence-electron chi connectivity index (χ3n) is 15.5. The van der Waals surface area contributed by atoms with E-state index in [-0.39, 0.29) is 19.4 Å². The summed E-state index contributed by atoms with van der Waals surface area (Å²) in [4.78, 5) is 26.6. The summed E-state index contributed by atoms with van der Waals surface area (Å²) >= 11 is 0. The number of rotatable bonds is 56. The number of amides is 1. The van der Waals surface area contributed by atoms with E-state index in [1.54, 1.807) is 6.08 Å². The van der Waals surface area contributed by atoms with Gasteiger partial charge in [0.1, 0.15) is 24.4 Å². The van der Waals surface area contributed by atoms with Crippen molar-refractivity contribution >= 4 is 11.9 Å². The zero-order chi connectivity index (χ0) is 57.5. The molecule has 1 amide bonds. The second-order valence-electron chi connectivity index (χ2n) is 22.9. The molecule has 0 aromatic rings. The Morgan fingerprint density at radius 3 is 1.39 bits per heavy atom. The molecule has 0 bridgehead atoms. The van der Waals surface area contributed by atoms with Crippen LogP contribution in [0.2, 0.25) is 0 Å². The number of ether oxygens (including phenoxy) is 3. The molecule has 1 aliphatic rings. The van der Waals surface area contributed by atoms with Crippen LogP contribution < -0.4 is 5.32 Å². The van der Waals surface area contributed by atoms with Crippen LogP contribution in [0.1, 0.15) is 297 Å². The largest absolute Gasteiger partial charge is 0.454 e. The Labute approximate surface area is 484 Å². The normalized spacial score (nSPS) is 19.2.